The summed E-state index contributed by atoms with van der Waals surface area (Å²) >= 11 is 1.74. The molecule has 1 heterocycles. The van der Waals surface area contributed by atoms with Crippen LogP contribution in [0, 0.1) is 5.41 Å². The molecule has 2 unspecified atom stereocenters. The van der Waals surface area contributed by atoms with E-state index in [2.05, 4.69) is 32.9 Å². The molecule has 0 spiro atoms. The number of thioether (sulfide) groups is 1. The molecule has 0 radical (unpaired) electrons. The summed E-state index contributed by atoms with van der Waals surface area (Å²) < 4.78 is 0. The molecule has 1 amide bonds. The van der Waals surface area contributed by atoms with E-state index in [1.807, 2.05) is 23.1 Å². The molecule has 2 rings (SSSR count). The zero-order valence-electron chi connectivity index (χ0n) is 13.1. The minimum atomic E-state index is -0.0623. The van der Waals surface area contributed by atoms with Crippen molar-refractivity contribution in [1.82, 2.24) is 4.90 Å². The van der Waals surface area contributed by atoms with E-state index in [0.717, 1.165) is 17.7 Å². The van der Waals surface area contributed by atoms with Crippen LogP contribution in [-0.2, 0) is 4.79 Å². The van der Waals surface area contributed by atoms with Gasteiger partial charge < -0.3 is 10.0 Å². The smallest absolute Gasteiger partial charge is 0.224 e. The topological polar surface area (TPSA) is 40.5 Å². The first kappa shape index (κ1) is 16.4. The number of hydrogen-bond donors (Lipinski definition) is 1. The van der Waals surface area contributed by atoms with Crippen molar-refractivity contribution in [3.63, 3.8) is 0 Å². The van der Waals surface area contributed by atoms with Gasteiger partial charge in [-0.1, -0.05) is 51.1 Å². The van der Waals surface area contributed by atoms with Gasteiger partial charge in [-0.05, 0) is 17.4 Å². The minimum Gasteiger partial charge on any atom is -0.394 e. The second-order valence-corrected chi connectivity index (χ2v) is 7.91. The fourth-order valence-corrected chi connectivity index (χ4v) is 3.99. The van der Waals surface area contributed by atoms with Crippen LogP contribution in [0.15, 0.2) is 30.3 Å². The summed E-state index contributed by atoms with van der Waals surface area (Å²) in [7, 11) is 0. The molecular weight excluding hydrogens is 282 g/mol. The summed E-state index contributed by atoms with van der Waals surface area (Å²) in [5.41, 5.74) is 1.29. The van der Waals surface area contributed by atoms with Gasteiger partial charge in [-0.25, -0.2) is 0 Å². The van der Waals surface area contributed by atoms with E-state index in [9.17, 15) is 9.90 Å². The lowest BCUT2D eigenvalue weighted by atomic mass is 9.90. The minimum absolute atomic E-state index is 0.0378. The molecule has 116 valence electrons. The Bertz CT molecular complexity index is 469. The van der Waals surface area contributed by atoms with Crippen LogP contribution < -0.4 is 0 Å². The highest BCUT2D eigenvalue weighted by Crippen LogP contribution is 2.41. The standard InChI is InChI=1S/C17H25NO2S/c1-17(2,3)10-9-15(20)18-14(11-19)12-21-16(18)13-7-5-4-6-8-13/h4-8,14,16,19H,9-12H2,1-3H3. The van der Waals surface area contributed by atoms with Gasteiger partial charge in [-0.15, -0.1) is 11.8 Å². The summed E-state index contributed by atoms with van der Waals surface area (Å²) in [6, 6.07) is 10.0. The third-order valence-electron chi connectivity index (χ3n) is 3.76. The summed E-state index contributed by atoms with van der Waals surface area (Å²) in [5.74, 6) is 0.958. The van der Waals surface area contributed by atoms with E-state index in [1.54, 1.807) is 11.8 Å². The average Bonchev–Trinajstić information content (AvgIpc) is 2.89. The quantitative estimate of drug-likeness (QED) is 0.926. The van der Waals surface area contributed by atoms with Crippen molar-refractivity contribution in [2.24, 2.45) is 5.41 Å². The van der Waals surface area contributed by atoms with E-state index in [0.29, 0.717) is 6.42 Å². The second kappa shape index (κ2) is 6.84. The molecule has 1 fully saturated rings. The molecule has 0 aromatic heterocycles. The summed E-state index contributed by atoms with van der Waals surface area (Å²) in [6.07, 6.45) is 1.41. The number of aliphatic hydroxyl groups is 1. The van der Waals surface area contributed by atoms with Gasteiger partial charge in [0.15, 0.2) is 0 Å². The monoisotopic (exact) mass is 307 g/mol. The van der Waals surface area contributed by atoms with Crippen LogP contribution in [0.5, 0.6) is 0 Å². The van der Waals surface area contributed by atoms with Gasteiger partial charge in [-0.3, -0.25) is 4.79 Å². The maximum atomic E-state index is 12.6. The fourth-order valence-electron chi connectivity index (χ4n) is 2.51. The Kier molecular flexibility index (Phi) is 5.33. The molecular formula is C17H25NO2S. The van der Waals surface area contributed by atoms with Crippen LogP contribution in [0.1, 0.15) is 44.6 Å². The van der Waals surface area contributed by atoms with Crippen molar-refractivity contribution in [3.8, 4) is 0 Å². The normalized spacial score (nSPS) is 22.6. The zero-order valence-corrected chi connectivity index (χ0v) is 13.9. The Balaban J connectivity index is 2.13. The third kappa shape index (κ3) is 4.24. The number of amides is 1. The first-order valence-electron chi connectivity index (χ1n) is 7.51. The molecule has 21 heavy (non-hydrogen) atoms. The SMILES string of the molecule is CC(C)(C)CCC(=O)N1C(CO)CSC1c1ccccc1. The van der Waals surface area contributed by atoms with E-state index in [-0.39, 0.29) is 29.3 Å². The lowest BCUT2D eigenvalue weighted by molar-refractivity contribution is -0.134. The number of benzene rings is 1. The van der Waals surface area contributed by atoms with Crippen molar-refractivity contribution in [1.29, 1.82) is 0 Å². The van der Waals surface area contributed by atoms with Crippen molar-refractivity contribution >= 4 is 17.7 Å². The summed E-state index contributed by atoms with van der Waals surface area (Å²) in [5, 5.41) is 9.61. The van der Waals surface area contributed by atoms with Crippen molar-refractivity contribution in [2.45, 2.75) is 45.0 Å². The number of hydrogen-bond acceptors (Lipinski definition) is 3. The van der Waals surface area contributed by atoms with Crippen LogP contribution in [0.2, 0.25) is 0 Å². The average molecular weight is 307 g/mol. The van der Waals surface area contributed by atoms with Crippen LogP contribution in [-0.4, -0.2) is 34.3 Å². The molecule has 1 aromatic rings. The molecule has 4 heteroatoms. The van der Waals surface area contributed by atoms with Crippen LogP contribution >= 0.6 is 11.8 Å². The predicted molar refractivity (Wildman–Crippen MR) is 88.0 cm³/mol. The third-order valence-corrected chi connectivity index (χ3v) is 5.16. The van der Waals surface area contributed by atoms with Gasteiger partial charge in [0.2, 0.25) is 5.91 Å². The molecule has 2 atom stereocenters. The Hall–Kier alpha value is -1.00. The molecule has 0 saturated carbocycles. The maximum absolute atomic E-state index is 12.6. The number of nitrogens with zero attached hydrogens (tertiary/aromatic N) is 1. The number of carbonyl (C=O) groups excluding carboxylic acids is 1. The molecule has 3 nitrogen and oxygen atoms in total. The number of carbonyl (C=O) groups is 1. The molecule has 1 aliphatic rings. The Morgan fingerprint density at radius 1 is 1.33 bits per heavy atom. The highest BCUT2D eigenvalue weighted by Gasteiger charge is 2.37. The Morgan fingerprint density at radius 3 is 2.57 bits per heavy atom. The van der Waals surface area contributed by atoms with Crippen molar-refractivity contribution in [2.75, 3.05) is 12.4 Å². The van der Waals surface area contributed by atoms with Gasteiger partial charge >= 0.3 is 0 Å². The number of aliphatic hydroxyl groups excluding tert-OH is 1. The first-order chi connectivity index (χ1) is 9.92. The van der Waals surface area contributed by atoms with Gasteiger partial charge in [0.1, 0.15) is 5.37 Å². The van der Waals surface area contributed by atoms with Crippen LogP contribution in [0.3, 0.4) is 0 Å². The van der Waals surface area contributed by atoms with Gasteiger partial charge in [-0.2, -0.15) is 0 Å². The Labute approximate surface area is 131 Å². The van der Waals surface area contributed by atoms with E-state index in [4.69, 9.17) is 0 Å². The lowest BCUT2D eigenvalue weighted by Crippen LogP contribution is -2.40. The molecule has 1 N–H and O–H groups in total. The fraction of sp³-hybridized carbons (Fsp3) is 0.588. The lowest BCUT2D eigenvalue weighted by Gasteiger charge is -2.30. The van der Waals surface area contributed by atoms with Gasteiger partial charge in [0, 0.05) is 12.2 Å². The Morgan fingerprint density at radius 2 is 2.00 bits per heavy atom. The molecule has 1 aromatic carbocycles. The van der Waals surface area contributed by atoms with E-state index in [1.165, 1.54) is 0 Å². The highest BCUT2D eigenvalue weighted by atomic mass is 32.2. The summed E-state index contributed by atoms with van der Waals surface area (Å²) in [6.45, 7) is 6.49. The van der Waals surface area contributed by atoms with Crippen LogP contribution in [0.4, 0.5) is 0 Å². The second-order valence-electron chi connectivity index (χ2n) is 6.79. The first-order valence-corrected chi connectivity index (χ1v) is 8.56. The van der Waals surface area contributed by atoms with E-state index < -0.39 is 0 Å². The molecule has 0 bridgehead atoms. The number of rotatable bonds is 4. The maximum Gasteiger partial charge on any atom is 0.224 e. The molecule has 1 saturated heterocycles. The van der Waals surface area contributed by atoms with Crippen molar-refractivity contribution < 1.29 is 9.90 Å². The molecule has 0 aliphatic carbocycles. The summed E-state index contributed by atoms with van der Waals surface area (Å²) in [4.78, 5) is 14.5. The zero-order chi connectivity index (χ0) is 15.5. The van der Waals surface area contributed by atoms with E-state index >= 15 is 0 Å². The largest absolute Gasteiger partial charge is 0.394 e. The van der Waals surface area contributed by atoms with Gasteiger partial charge in [0.05, 0.1) is 12.6 Å². The molecule has 1 aliphatic heterocycles. The van der Waals surface area contributed by atoms with Gasteiger partial charge in [0.25, 0.3) is 0 Å². The van der Waals surface area contributed by atoms with Crippen LogP contribution in [0.25, 0.3) is 0 Å². The predicted octanol–water partition coefficient (Wildman–Crippen LogP) is 3.45. The van der Waals surface area contributed by atoms with Crippen molar-refractivity contribution in [3.05, 3.63) is 35.9 Å². The highest BCUT2D eigenvalue weighted by molar-refractivity contribution is 7.99.